The molecule has 1 aromatic heterocycles. The molecule has 1 heterocycles. The number of nitrogens with two attached hydrogens (primary N) is 1. The second-order valence-corrected chi connectivity index (χ2v) is 6.06. The molecule has 0 aromatic carbocycles. The van der Waals surface area contributed by atoms with Gasteiger partial charge in [-0.25, -0.2) is 9.97 Å². The van der Waals surface area contributed by atoms with Crippen LogP contribution in [0.15, 0.2) is 12.4 Å². The molecule has 2 unspecified atom stereocenters. The van der Waals surface area contributed by atoms with E-state index in [0.717, 1.165) is 17.5 Å². The van der Waals surface area contributed by atoms with E-state index < -0.39 is 0 Å². The van der Waals surface area contributed by atoms with Crippen LogP contribution >= 0.6 is 24.0 Å². The number of thioether (sulfide) groups is 1. The second kappa shape index (κ2) is 6.33. The Bertz CT molecular complexity index is 424. The highest BCUT2D eigenvalue weighted by Crippen LogP contribution is 2.28. The van der Waals surface area contributed by atoms with Crippen LogP contribution < -0.4 is 11.1 Å². The van der Waals surface area contributed by atoms with E-state index in [0.29, 0.717) is 16.7 Å². The lowest BCUT2D eigenvalue weighted by molar-refractivity contribution is 0.472. The first-order chi connectivity index (χ1) is 8.70. The maximum atomic E-state index is 5.66. The average molecular weight is 282 g/mol. The summed E-state index contributed by atoms with van der Waals surface area (Å²) in [6.45, 7) is 0. The number of aromatic nitrogens is 2. The maximum Gasteiger partial charge on any atom is 0.155 e. The Morgan fingerprint density at radius 3 is 2.94 bits per heavy atom. The van der Waals surface area contributed by atoms with Gasteiger partial charge in [-0.3, -0.25) is 0 Å². The number of thiocarbonyl (C=S) groups is 1. The molecule has 2 atom stereocenters. The van der Waals surface area contributed by atoms with Crippen LogP contribution in [0.25, 0.3) is 0 Å². The number of nitrogens with one attached hydrogen (secondary N) is 1. The second-order valence-electron chi connectivity index (χ2n) is 4.48. The van der Waals surface area contributed by atoms with Crippen molar-refractivity contribution in [1.82, 2.24) is 9.97 Å². The number of hydrogen-bond donors (Lipinski definition) is 2. The van der Waals surface area contributed by atoms with Gasteiger partial charge in [-0.1, -0.05) is 18.6 Å². The Morgan fingerprint density at radius 2 is 2.22 bits per heavy atom. The van der Waals surface area contributed by atoms with E-state index in [1.807, 2.05) is 11.8 Å². The van der Waals surface area contributed by atoms with Gasteiger partial charge >= 0.3 is 0 Å². The van der Waals surface area contributed by atoms with E-state index in [4.69, 9.17) is 18.0 Å². The van der Waals surface area contributed by atoms with Crippen LogP contribution in [0.5, 0.6) is 0 Å². The van der Waals surface area contributed by atoms with E-state index in [1.54, 1.807) is 12.4 Å². The van der Waals surface area contributed by atoms with Crippen molar-refractivity contribution in [2.75, 3.05) is 11.6 Å². The van der Waals surface area contributed by atoms with Gasteiger partial charge in [0.15, 0.2) is 5.82 Å². The maximum absolute atomic E-state index is 5.66. The van der Waals surface area contributed by atoms with Gasteiger partial charge in [-0.15, -0.1) is 0 Å². The Hall–Kier alpha value is -0.880. The van der Waals surface area contributed by atoms with Crippen LogP contribution in [0.1, 0.15) is 31.4 Å². The fraction of sp³-hybridized carbons (Fsp3) is 0.583. The van der Waals surface area contributed by atoms with Crippen molar-refractivity contribution < 1.29 is 0 Å². The molecule has 0 radical (unpaired) electrons. The summed E-state index contributed by atoms with van der Waals surface area (Å²) < 4.78 is 0. The molecule has 6 heteroatoms. The fourth-order valence-corrected chi connectivity index (χ4v) is 3.28. The summed E-state index contributed by atoms with van der Waals surface area (Å²) in [6, 6.07) is 0.445. The molecule has 0 bridgehead atoms. The lowest BCUT2D eigenvalue weighted by Crippen LogP contribution is -2.30. The topological polar surface area (TPSA) is 63.8 Å². The quantitative estimate of drug-likeness (QED) is 0.826. The highest BCUT2D eigenvalue weighted by atomic mass is 32.2. The van der Waals surface area contributed by atoms with Crippen molar-refractivity contribution in [2.24, 2.45) is 5.73 Å². The average Bonchev–Trinajstić information content (AvgIpc) is 2.39. The first-order valence-electron chi connectivity index (χ1n) is 6.11. The number of anilines is 1. The normalized spacial score (nSPS) is 23.6. The highest BCUT2D eigenvalue weighted by Gasteiger charge is 2.22. The monoisotopic (exact) mass is 282 g/mol. The minimum atomic E-state index is 0.294. The largest absolute Gasteiger partial charge is 0.388 e. The number of hydrogen-bond acceptors (Lipinski definition) is 5. The minimum absolute atomic E-state index is 0.294. The minimum Gasteiger partial charge on any atom is -0.388 e. The summed E-state index contributed by atoms with van der Waals surface area (Å²) in [4.78, 5) is 8.78. The van der Waals surface area contributed by atoms with Crippen molar-refractivity contribution in [3.05, 3.63) is 18.1 Å². The molecular weight excluding hydrogens is 264 g/mol. The van der Waals surface area contributed by atoms with Crippen LogP contribution in [-0.4, -0.2) is 32.5 Å². The highest BCUT2D eigenvalue weighted by molar-refractivity contribution is 7.99. The van der Waals surface area contributed by atoms with Gasteiger partial charge in [-0.2, -0.15) is 11.8 Å². The van der Waals surface area contributed by atoms with E-state index in [9.17, 15) is 0 Å². The third-order valence-electron chi connectivity index (χ3n) is 3.23. The van der Waals surface area contributed by atoms with Crippen LogP contribution in [0.3, 0.4) is 0 Å². The zero-order valence-corrected chi connectivity index (χ0v) is 12.1. The van der Waals surface area contributed by atoms with Gasteiger partial charge in [0.2, 0.25) is 0 Å². The van der Waals surface area contributed by atoms with Crippen molar-refractivity contribution >= 4 is 34.8 Å². The van der Waals surface area contributed by atoms with Crippen LogP contribution in [-0.2, 0) is 0 Å². The fourth-order valence-electron chi connectivity index (χ4n) is 2.31. The molecule has 0 saturated heterocycles. The zero-order chi connectivity index (χ0) is 13.0. The third kappa shape index (κ3) is 3.32. The van der Waals surface area contributed by atoms with E-state index in [-0.39, 0.29) is 0 Å². The Balaban J connectivity index is 2.07. The summed E-state index contributed by atoms with van der Waals surface area (Å²) in [6.07, 6.45) is 10.4. The molecule has 0 amide bonds. The smallest absolute Gasteiger partial charge is 0.155 e. The molecule has 18 heavy (non-hydrogen) atoms. The molecule has 1 fully saturated rings. The Morgan fingerprint density at radius 1 is 1.44 bits per heavy atom. The van der Waals surface area contributed by atoms with Crippen molar-refractivity contribution in [2.45, 2.75) is 37.0 Å². The Kier molecular flexibility index (Phi) is 4.77. The molecule has 0 aliphatic heterocycles. The molecule has 98 valence electrons. The van der Waals surface area contributed by atoms with E-state index in [2.05, 4.69) is 21.5 Å². The SMILES string of the molecule is CSC1CCCC(Nc2nccnc2C(N)=S)C1. The van der Waals surface area contributed by atoms with Crippen LogP contribution in [0, 0.1) is 0 Å². The zero-order valence-electron chi connectivity index (χ0n) is 10.4. The number of rotatable bonds is 4. The summed E-state index contributed by atoms with van der Waals surface area (Å²) in [5.74, 6) is 0.719. The molecule has 2 rings (SSSR count). The molecule has 0 spiro atoms. The van der Waals surface area contributed by atoms with Crippen molar-refractivity contribution in [1.29, 1.82) is 0 Å². The first-order valence-corrected chi connectivity index (χ1v) is 7.80. The van der Waals surface area contributed by atoms with E-state index in [1.165, 1.54) is 19.3 Å². The molecule has 1 aliphatic rings. The predicted octanol–water partition coefficient (Wildman–Crippen LogP) is 2.20. The first kappa shape index (κ1) is 13.5. The standard InChI is InChI=1S/C12H18N4S2/c1-18-9-4-2-3-8(7-9)16-12-10(11(13)17)14-5-6-15-12/h5-6,8-9H,2-4,7H2,1H3,(H2,13,17)(H,15,16). The van der Waals surface area contributed by atoms with Crippen LogP contribution in [0.2, 0.25) is 0 Å². The van der Waals surface area contributed by atoms with Gasteiger partial charge < -0.3 is 11.1 Å². The van der Waals surface area contributed by atoms with Gasteiger partial charge in [-0.05, 0) is 25.5 Å². The Labute approximate surface area is 117 Å². The van der Waals surface area contributed by atoms with Crippen LogP contribution in [0.4, 0.5) is 5.82 Å². The van der Waals surface area contributed by atoms with Crippen molar-refractivity contribution in [3.8, 4) is 0 Å². The third-order valence-corrected chi connectivity index (χ3v) is 4.52. The molecule has 4 nitrogen and oxygen atoms in total. The molecule has 1 aromatic rings. The summed E-state index contributed by atoms with van der Waals surface area (Å²) >= 11 is 6.94. The van der Waals surface area contributed by atoms with Crippen molar-refractivity contribution in [3.63, 3.8) is 0 Å². The van der Waals surface area contributed by atoms with E-state index >= 15 is 0 Å². The molecule has 1 saturated carbocycles. The van der Waals surface area contributed by atoms with Gasteiger partial charge in [0.1, 0.15) is 10.7 Å². The molecule has 3 N–H and O–H groups in total. The lowest BCUT2D eigenvalue weighted by Gasteiger charge is -2.29. The van der Waals surface area contributed by atoms with Gasteiger partial charge in [0, 0.05) is 23.7 Å². The summed E-state index contributed by atoms with van der Waals surface area (Å²) in [5.41, 5.74) is 6.25. The molecular formula is C12H18N4S2. The number of nitrogens with zero attached hydrogens (tertiary/aromatic N) is 2. The summed E-state index contributed by atoms with van der Waals surface area (Å²) in [5, 5.41) is 4.18. The lowest BCUT2D eigenvalue weighted by atomic mass is 9.95. The predicted molar refractivity (Wildman–Crippen MR) is 81.1 cm³/mol. The van der Waals surface area contributed by atoms with Gasteiger partial charge in [0.05, 0.1) is 0 Å². The van der Waals surface area contributed by atoms with Gasteiger partial charge in [0.25, 0.3) is 0 Å². The summed E-state index contributed by atoms with van der Waals surface area (Å²) in [7, 11) is 0. The molecule has 1 aliphatic carbocycles.